The molecule has 0 spiro atoms. The molecule has 0 saturated heterocycles. The van der Waals surface area contributed by atoms with E-state index in [2.05, 4.69) is 20.6 Å². The van der Waals surface area contributed by atoms with Crippen molar-refractivity contribution < 1.29 is 24.5 Å². The number of methoxy groups -OCH3 is 1. The van der Waals surface area contributed by atoms with Crippen LogP contribution in [-0.2, 0) is 6.54 Å². The van der Waals surface area contributed by atoms with Crippen LogP contribution in [0.5, 0.6) is 5.75 Å². The lowest BCUT2D eigenvalue weighted by molar-refractivity contribution is 0.0685. The fourth-order valence-corrected chi connectivity index (χ4v) is 2.43. The maximum Gasteiger partial charge on any atom is 0.352 e. The first-order valence-electron chi connectivity index (χ1n) is 7.73. The minimum absolute atomic E-state index is 0.0541. The molecule has 3 aromatic rings. The Balaban J connectivity index is 1.87. The Labute approximate surface area is 152 Å². The van der Waals surface area contributed by atoms with Crippen LogP contribution in [0, 0.1) is 0 Å². The predicted octanol–water partition coefficient (Wildman–Crippen LogP) is 1.54. The molecule has 138 valence electrons. The Morgan fingerprint density at radius 2 is 2.00 bits per heavy atom. The monoisotopic (exact) mass is 369 g/mol. The maximum atomic E-state index is 12.3. The number of aromatic carboxylic acids is 1. The number of benzene rings is 1. The first-order valence-corrected chi connectivity index (χ1v) is 7.73. The van der Waals surface area contributed by atoms with Crippen LogP contribution in [0.15, 0.2) is 42.6 Å². The Morgan fingerprint density at radius 3 is 2.59 bits per heavy atom. The molecule has 2 aromatic heterocycles. The van der Waals surface area contributed by atoms with E-state index in [1.807, 2.05) is 0 Å². The van der Waals surface area contributed by atoms with E-state index in [9.17, 15) is 19.8 Å². The lowest BCUT2D eigenvalue weighted by Crippen LogP contribution is -2.08. The third kappa shape index (κ3) is 4.00. The number of aromatic nitrogens is 5. The van der Waals surface area contributed by atoms with E-state index in [0.29, 0.717) is 5.75 Å². The summed E-state index contributed by atoms with van der Waals surface area (Å²) in [5, 5.41) is 31.8. The molecule has 3 N–H and O–H groups in total. The van der Waals surface area contributed by atoms with Crippen molar-refractivity contribution in [2.24, 2.45) is 0 Å². The quantitative estimate of drug-likeness (QED) is 0.323. The van der Waals surface area contributed by atoms with E-state index in [4.69, 9.17) is 4.74 Å². The summed E-state index contributed by atoms with van der Waals surface area (Å²) in [5.74, 6) is -1.70. The smallest absolute Gasteiger partial charge is 0.352 e. The second kappa shape index (κ2) is 7.52. The molecule has 0 radical (unpaired) electrons. The molecule has 3 rings (SSSR count). The summed E-state index contributed by atoms with van der Waals surface area (Å²) < 4.78 is 6.53. The number of carbonyl (C=O) groups is 2. The van der Waals surface area contributed by atoms with Gasteiger partial charge in [-0.3, -0.25) is 4.79 Å². The molecule has 0 aliphatic carbocycles. The van der Waals surface area contributed by atoms with E-state index >= 15 is 0 Å². The van der Waals surface area contributed by atoms with Crippen molar-refractivity contribution in [1.82, 2.24) is 25.2 Å². The SMILES string of the molecule is COc1ccc(Cn2cc(C(=O)C=C(O)c3nn[nH]n3)cc2C(=O)O)cc1. The summed E-state index contributed by atoms with van der Waals surface area (Å²) in [6.07, 6.45) is 2.32. The van der Waals surface area contributed by atoms with Gasteiger partial charge < -0.3 is 19.5 Å². The molecule has 0 bridgehead atoms. The summed E-state index contributed by atoms with van der Waals surface area (Å²) >= 11 is 0. The van der Waals surface area contributed by atoms with Gasteiger partial charge in [-0.15, -0.1) is 10.2 Å². The van der Waals surface area contributed by atoms with Crippen molar-refractivity contribution in [3.8, 4) is 5.75 Å². The van der Waals surface area contributed by atoms with E-state index in [0.717, 1.165) is 11.6 Å². The molecule has 0 aliphatic rings. The van der Waals surface area contributed by atoms with E-state index in [-0.39, 0.29) is 23.6 Å². The van der Waals surface area contributed by atoms with Crippen LogP contribution in [0.1, 0.15) is 32.2 Å². The Hall–Kier alpha value is -3.95. The van der Waals surface area contributed by atoms with Crippen LogP contribution < -0.4 is 4.74 Å². The summed E-state index contributed by atoms with van der Waals surface area (Å²) in [6, 6.07) is 8.37. The lowest BCUT2D eigenvalue weighted by Gasteiger charge is -2.07. The molecule has 0 atom stereocenters. The number of allylic oxidation sites excluding steroid dienone is 1. The van der Waals surface area contributed by atoms with Gasteiger partial charge in [-0.25, -0.2) is 4.79 Å². The number of carbonyl (C=O) groups excluding carboxylic acids is 1. The average Bonchev–Trinajstić information content (AvgIpc) is 3.32. The largest absolute Gasteiger partial charge is 0.504 e. The zero-order chi connectivity index (χ0) is 19.4. The summed E-state index contributed by atoms with van der Waals surface area (Å²) in [7, 11) is 1.55. The Morgan fingerprint density at radius 1 is 1.26 bits per heavy atom. The van der Waals surface area contributed by atoms with Gasteiger partial charge in [-0.1, -0.05) is 12.1 Å². The van der Waals surface area contributed by atoms with Gasteiger partial charge >= 0.3 is 5.97 Å². The van der Waals surface area contributed by atoms with Gasteiger partial charge in [0.25, 0.3) is 0 Å². The number of carboxylic acids is 1. The number of H-pyrrole nitrogens is 1. The van der Waals surface area contributed by atoms with Crippen molar-refractivity contribution in [1.29, 1.82) is 0 Å². The fourth-order valence-electron chi connectivity index (χ4n) is 2.43. The number of rotatable bonds is 7. The van der Waals surface area contributed by atoms with Gasteiger partial charge in [0.05, 0.1) is 7.11 Å². The fraction of sp³-hybridized carbons (Fsp3) is 0.118. The van der Waals surface area contributed by atoms with Gasteiger partial charge in [-0.05, 0) is 29.0 Å². The minimum atomic E-state index is -1.17. The first-order chi connectivity index (χ1) is 13.0. The highest BCUT2D eigenvalue weighted by atomic mass is 16.5. The van der Waals surface area contributed by atoms with Crippen molar-refractivity contribution in [2.45, 2.75) is 6.54 Å². The second-order valence-corrected chi connectivity index (χ2v) is 5.52. The summed E-state index contributed by atoms with van der Waals surface area (Å²) in [6.45, 7) is 0.249. The second-order valence-electron chi connectivity index (χ2n) is 5.52. The highest BCUT2D eigenvalue weighted by molar-refractivity contribution is 6.08. The lowest BCUT2D eigenvalue weighted by atomic mass is 10.2. The molecular formula is C17H15N5O5. The Bertz CT molecular complexity index is 989. The van der Waals surface area contributed by atoms with E-state index < -0.39 is 17.5 Å². The number of tetrazole rings is 1. The van der Waals surface area contributed by atoms with E-state index in [1.54, 1.807) is 31.4 Å². The van der Waals surface area contributed by atoms with E-state index in [1.165, 1.54) is 16.8 Å². The molecule has 2 heterocycles. The molecule has 0 aliphatic heterocycles. The van der Waals surface area contributed by atoms with Crippen molar-refractivity contribution in [3.63, 3.8) is 0 Å². The zero-order valence-corrected chi connectivity index (χ0v) is 14.2. The van der Waals surface area contributed by atoms with Gasteiger partial charge in [0.1, 0.15) is 11.4 Å². The van der Waals surface area contributed by atoms with Crippen molar-refractivity contribution in [3.05, 3.63) is 65.2 Å². The number of hydrogen-bond donors (Lipinski definition) is 3. The molecule has 10 nitrogen and oxygen atoms in total. The molecule has 0 unspecified atom stereocenters. The molecule has 27 heavy (non-hydrogen) atoms. The van der Waals surface area contributed by atoms with Crippen LogP contribution in [-0.4, -0.2) is 54.3 Å². The van der Waals surface area contributed by atoms with Crippen LogP contribution in [0.3, 0.4) is 0 Å². The number of ether oxygens (including phenoxy) is 1. The summed E-state index contributed by atoms with van der Waals surface area (Å²) in [5.41, 5.74) is 0.885. The molecule has 1 aromatic carbocycles. The molecule has 10 heteroatoms. The number of ketones is 1. The molecule has 0 fully saturated rings. The number of hydrogen-bond acceptors (Lipinski definition) is 7. The van der Waals surface area contributed by atoms with Crippen LogP contribution >= 0.6 is 0 Å². The minimum Gasteiger partial charge on any atom is -0.504 e. The molecular weight excluding hydrogens is 354 g/mol. The predicted molar refractivity (Wildman–Crippen MR) is 92.6 cm³/mol. The molecule has 0 saturated carbocycles. The standard InChI is InChI=1S/C17H15N5O5/c1-27-12-4-2-10(3-5-12)8-22-9-11(6-13(22)17(25)26)14(23)7-15(24)16-18-20-21-19-16/h2-7,9,24H,8H2,1H3,(H,25,26)(H,18,19,20,21). The number of nitrogens with one attached hydrogen (secondary N) is 1. The van der Waals surface area contributed by atoms with Crippen LogP contribution in [0.2, 0.25) is 0 Å². The third-order valence-corrected chi connectivity index (χ3v) is 3.75. The number of aliphatic hydroxyl groups excluding tert-OH is 1. The highest BCUT2D eigenvalue weighted by Gasteiger charge is 2.17. The van der Waals surface area contributed by atoms with Gasteiger partial charge in [-0.2, -0.15) is 5.21 Å². The molecule has 0 amide bonds. The number of aliphatic hydroxyl groups is 1. The third-order valence-electron chi connectivity index (χ3n) is 3.75. The Kier molecular flexibility index (Phi) is 4.97. The number of aromatic amines is 1. The van der Waals surface area contributed by atoms with Gasteiger partial charge in [0.2, 0.25) is 5.82 Å². The maximum absolute atomic E-state index is 12.3. The van der Waals surface area contributed by atoms with Gasteiger partial charge in [0.15, 0.2) is 11.5 Å². The van der Waals surface area contributed by atoms with Crippen molar-refractivity contribution in [2.75, 3.05) is 7.11 Å². The highest BCUT2D eigenvalue weighted by Crippen LogP contribution is 2.17. The topological polar surface area (TPSA) is 143 Å². The van der Waals surface area contributed by atoms with Gasteiger partial charge in [0, 0.05) is 24.4 Å². The zero-order valence-electron chi connectivity index (χ0n) is 14.2. The first kappa shape index (κ1) is 17.9. The normalized spacial score (nSPS) is 11.4. The number of nitrogens with zero attached hydrogens (tertiary/aromatic N) is 4. The van der Waals surface area contributed by atoms with Crippen LogP contribution in [0.25, 0.3) is 5.76 Å². The number of carboxylic acid groups (broad SMARTS) is 1. The van der Waals surface area contributed by atoms with Crippen LogP contribution in [0.4, 0.5) is 0 Å². The van der Waals surface area contributed by atoms with Crippen molar-refractivity contribution >= 4 is 17.5 Å². The average molecular weight is 369 g/mol. The summed E-state index contributed by atoms with van der Waals surface area (Å²) in [4.78, 5) is 23.8.